The van der Waals surface area contributed by atoms with Crippen LogP contribution in [0.5, 0.6) is 11.5 Å². The van der Waals surface area contributed by atoms with Gasteiger partial charge in [-0.15, -0.1) is 0 Å². The van der Waals surface area contributed by atoms with Crippen LogP contribution in [0.3, 0.4) is 0 Å². The quantitative estimate of drug-likeness (QED) is 0.166. The molecule has 0 N–H and O–H groups in total. The Morgan fingerprint density at radius 3 is 2.13 bits per heavy atom. The second-order valence-corrected chi connectivity index (χ2v) is 15.1. The number of hydrogen-bond acceptors (Lipinski definition) is 5. The molecule has 9 aromatic rings. The zero-order valence-electron chi connectivity index (χ0n) is 29.1. The molecule has 1 unspecified atom stereocenters. The molecule has 0 amide bonds. The van der Waals surface area contributed by atoms with E-state index >= 15 is 0 Å². The number of fused-ring (bicyclic) bond motifs is 14. The van der Waals surface area contributed by atoms with Crippen LogP contribution < -0.4 is 9.64 Å². The highest BCUT2D eigenvalue weighted by Gasteiger charge is 2.53. The first-order chi connectivity index (χ1) is 27.2. The summed E-state index contributed by atoms with van der Waals surface area (Å²) in [5.41, 5.74) is 12.0. The van der Waals surface area contributed by atoms with Crippen molar-refractivity contribution >= 4 is 56.3 Å². The van der Waals surface area contributed by atoms with Gasteiger partial charge in [-0.05, 0) is 77.7 Å². The monoisotopic (exact) mass is 721 g/mol. The summed E-state index contributed by atoms with van der Waals surface area (Å²) in [5.74, 6) is 1.56. The van der Waals surface area contributed by atoms with Crippen LogP contribution in [0.4, 0.5) is 22.7 Å². The number of ether oxygens (including phenoxy) is 1. The van der Waals surface area contributed by atoms with E-state index in [4.69, 9.17) is 21.3 Å². The van der Waals surface area contributed by atoms with Crippen LogP contribution >= 0.6 is 11.8 Å². The maximum atomic E-state index is 7.74. The lowest BCUT2D eigenvalue weighted by molar-refractivity contribution is 0.434. The Morgan fingerprint density at radius 2 is 1.27 bits per heavy atom. The van der Waals surface area contributed by atoms with Crippen LogP contribution in [0.25, 0.3) is 43.7 Å². The Bertz CT molecular complexity index is 3120. The highest BCUT2D eigenvalue weighted by Crippen LogP contribution is 2.63. The summed E-state index contributed by atoms with van der Waals surface area (Å²) in [4.78, 5) is 18.8. The molecule has 55 heavy (non-hydrogen) atoms. The molecule has 6 aromatic carbocycles. The highest BCUT2D eigenvalue weighted by molar-refractivity contribution is 7.99. The minimum atomic E-state index is -0.790. The number of nitrogens with zero attached hydrogens (tertiary/aromatic N) is 5. The van der Waals surface area contributed by atoms with E-state index in [1.165, 1.54) is 9.79 Å². The topological polar surface area (TPSA) is 47.5 Å². The van der Waals surface area contributed by atoms with E-state index in [2.05, 4.69) is 142 Å². The van der Waals surface area contributed by atoms with Gasteiger partial charge in [0, 0.05) is 38.1 Å². The normalized spacial score (nSPS) is 15.7. The van der Waals surface area contributed by atoms with Crippen molar-refractivity contribution in [2.24, 2.45) is 0 Å². The van der Waals surface area contributed by atoms with Gasteiger partial charge in [-0.1, -0.05) is 96.7 Å². The first kappa shape index (κ1) is 30.3. The van der Waals surface area contributed by atoms with Crippen LogP contribution in [-0.2, 0) is 5.41 Å². The van der Waals surface area contributed by atoms with E-state index in [1.54, 1.807) is 11.8 Å². The minimum absolute atomic E-state index is 0.613. The Labute approximate surface area is 320 Å². The van der Waals surface area contributed by atoms with Crippen molar-refractivity contribution < 1.29 is 4.74 Å². The van der Waals surface area contributed by atoms with Gasteiger partial charge in [0.15, 0.2) is 11.4 Å². The van der Waals surface area contributed by atoms with E-state index in [-0.39, 0.29) is 0 Å². The molecular formula is C48H27N5OS. The molecule has 12 rings (SSSR count). The Kier molecular flexibility index (Phi) is 6.17. The number of aromatic nitrogens is 3. The number of rotatable bonds is 2. The van der Waals surface area contributed by atoms with Gasteiger partial charge >= 0.3 is 0 Å². The molecule has 2 aliphatic heterocycles. The van der Waals surface area contributed by atoms with E-state index in [0.717, 1.165) is 89.7 Å². The average Bonchev–Trinajstić information content (AvgIpc) is 3.72. The molecule has 3 aliphatic rings. The summed E-state index contributed by atoms with van der Waals surface area (Å²) in [5, 5.41) is 2.11. The maximum absolute atomic E-state index is 7.74. The van der Waals surface area contributed by atoms with Crippen molar-refractivity contribution in [2.45, 2.75) is 15.2 Å². The van der Waals surface area contributed by atoms with Gasteiger partial charge in [-0.3, -0.25) is 9.97 Å². The minimum Gasteiger partial charge on any atom is -0.454 e. The number of benzene rings is 6. The van der Waals surface area contributed by atoms with Gasteiger partial charge in [-0.2, -0.15) is 0 Å². The van der Waals surface area contributed by atoms with Crippen molar-refractivity contribution in [3.05, 3.63) is 198 Å². The van der Waals surface area contributed by atoms with Crippen LogP contribution in [0, 0.1) is 6.57 Å². The molecule has 0 saturated carbocycles. The van der Waals surface area contributed by atoms with Gasteiger partial charge in [0.05, 0.1) is 63.4 Å². The molecule has 7 heteroatoms. The molecule has 3 aromatic heterocycles. The summed E-state index contributed by atoms with van der Waals surface area (Å²) in [6.45, 7) is 7.74. The molecule has 256 valence electrons. The predicted molar refractivity (Wildman–Crippen MR) is 219 cm³/mol. The SMILES string of the molecule is [C-]#[N+]c1ccc2c(c1)c1ccccc1n2-c1cccc2c1Oc1ccccc1C21c2cccnc2-c2ncc(N3c4ccccc4Sc4ccccc43)cc21. The van der Waals surface area contributed by atoms with Crippen molar-refractivity contribution in [3.63, 3.8) is 0 Å². The van der Waals surface area contributed by atoms with E-state index in [9.17, 15) is 0 Å². The molecule has 0 saturated heterocycles. The largest absolute Gasteiger partial charge is 0.454 e. The van der Waals surface area contributed by atoms with Gasteiger partial charge in [0.25, 0.3) is 0 Å². The lowest BCUT2D eigenvalue weighted by atomic mass is 9.66. The fourth-order valence-electron chi connectivity index (χ4n) is 9.17. The van der Waals surface area contributed by atoms with Crippen molar-refractivity contribution in [1.29, 1.82) is 0 Å². The summed E-state index contributed by atoms with van der Waals surface area (Å²) >= 11 is 1.80. The van der Waals surface area contributed by atoms with E-state index in [0.29, 0.717) is 5.69 Å². The second kappa shape index (κ2) is 11.2. The Morgan fingerprint density at radius 1 is 0.582 bits per heavy atom. The Balaban J connectivity index is 1.18. The van der Waals surface area contributed by atoms with Crippen molar-refractivity contribution in [2.75, 3.05) is 4.90 Å². The Hall–Kier alpha value is -7.14. The van der Waals surface area contributed by atoms with Gasteiger partial charge < -0.3 is 14.2 Å². The molecule has 1 aliphatic carbocycles. The van der Waals surface area contributed by atoms with Crippen LogP contribution in [0.1, 0.15) is 22.3 Å². The standard InChI is InChI=1S/C48H27N5OS/c1-49-29-23-24-38-32(26-29)31-12-2-4-16-37(31)53(38)41-19-10-14-35-47(41)54-42-20-7-3-13-33(42)48(35)34-15-11-25-50-45(34)46-36(48)27-30(28-51-46)52-39-17-5-8-21-43(39)55-44-22-9-6-18-40(44)52/h2-28H. The van der Waals surface area contributed by atoms with E-state index in [1.807, 2.05) is 36.7 Å². The summed E-state index contributed by atoms with van der Waals surface area (Å²) in [7, 11) is 0. The smallest absolute Gasteiger partial charge is 0.188 e. The number of anilines is 3. The fourth-order valence-corrected chi connectivity index (χ4v) is 10.2. The van der Waals surface area contributed by atoms with Crippen molar-refractivity contribution in [1.82, 2.24) is 14.5 Å². The molecule has 0 bridgehead atoms. The first-order valence-electron chi connectivity index (χ1n) is 18.2. The highest BCUT2D eigenvalue weighted by atomic mass is 32.2. The third kappa shape index (κ3) is 3.98. The molecule has 0 radical (unpaired) electrons. The van der Waals surface area contributed by atoms with Crippen LogP contribution in [0.2, 0.25) is 0 Å². The average molecular weight is 722 g/mol. The van der Waals surface area contributed by atoms with Gasteiger partial charge in [0.1, 0.15) is 5.75 Å². The second-order valence-electron chi connectivity index (χ2n) is 14.0. The first-order valence-corrected chi connectivity index (χ1v) is 19.0. The summed E-state index contributed by atoms with van der Waals surface area (Å²) in [6.07, 6.45) is 3.86. The number of para-hydroxylation sites is 5. The maximum Gasteiger partial charge on any atom is 0.188 e. The summed E-state index contributed by atoms with van der Waals surface area (Å²) < 4.78 is 9.39. The van der Waals surface area contributed by atoms with Crippen LogP contribution in [0.15, 0.2) is 174 Å². The zero-order chi connectivity index (χ0) is 36.3. The third-order valence-electron chi connectivity index (χ3n) is 11.3. The van der Waals surface area contributed by atoms with Gasteiger partial charge in [0.2, 0.25) is 0 Å². The number of hydrogen-bond donors (Lipinski definition) is 0. The third-order valence-corrected chi connectivity index (χ3v) is 12.5. The van der Waals surface area contributed by atoms with E-state index < -0.39 is 5.41 Å². The lowest BCUT2D eigenvalue weighted by Crippen LogP contribution is -2.33. The van der Waals surface area contributed by atoms with Crippen LogP contribution in [-0.4, -0.2) is 14.5 Å². The molecule has 0 fully saturated rings. The molecule has 1 spiro atoms. The number of pyridine rings is 2. The lowest BCUT2D eigenvalue weighted by Gasteiger charge is -2.40. The van der Waals surface area contributed by atoms with Gasteiger partial charge in [-0.25, -0.2) is 4.85 Å². The molecule has 5 heterocycles. The fraction of sp³-hybridized carbons (Fsp3) is 0.0208. The predicted octanol–water partition coefficient (Wildman–Crippen LogP) is 12.5. The molecular weight excluding hydrogens is 695 g/mol. The molecule has 1 atom stereocenters. The zero-order valence-corrected chi connectivity index (χ0v) is 30.0. The van der Waals surface area contributed by atoms with Crippen molar-refractivity contribution in [3.8, 4) is 28.6 Å². The molecule has 6 nitrogen and oxygen atoms in total. The summed E-state index contributed by atoms with van der Waals surface area (Å²) in [6, 6.07) is 53.0.